The fourth-order valence-electron chi connectivity index (χ4n) is 0.813. The zero-order valence-corrected chi connectivity index (χ0v) is 9.23. The van der Waals surface area contributed by atoms with Crippen molar-refractivity contribution in [3.63, 3.8) is 0 Å². The van der Waals surface area contributed by atoms with E-state index in [-0.39, 0.29) is 0 Å². The van der Waals surface area contributed by atoms with Crippen LogP contribution in [0.4, 0.5) is 17.6 Å². The average molecular weight is 256 g/mol. The van der Waals surface area contributed by atoms with Gasteiger partial charge in [-0.15, -0.1) is 0 Å². The van der Waals surface area contributed by atoms with Gasteiger partial charge in [0.15, 0.2) is 0 Å². The first-order valence-corrected chi connectivity index (χ1v) is 4.69. The first kappa shape index (κ1) is 15.5. The molecule has 0 fully saturated rings. The molecule has 0 amide bonds. The highest BCUT2D eigenvalue weighted by molar-refractivity contribution is 5.41. The molecule has 1 rings (SSSR count). The Morgan fingerprint density at radius 1 is 0.765 bits per heavy atom. The van der Waals surface area contributed by atoms with Crippen LogP contribution in [0.25, 0.3) is 0 Å². The summed E-state index contributed by atoms with van der Waals surface area (Å²) < 4.78 is 53.7. The third kappa shape index (κ3) is 3.77. The molecule has 0 saturated carbocycles. The Kier molecular flexibility index (Phi) is 6.34. The van der Waals surface area contributed by atoms with Gasteiger partial charge in [-0.3, -0.25) is 0 Å². The Morgan fingerprint density at radius 3 is 1.24 bits per heavy atom. The van der Waals surface area contributed by atoms with Gasteiger partial charge in [-0.25, -0.2) is 8.78 Å². The lowest BCUT2D eigenvalue weighted by molar-refractivity contribution is 0.162. The van der Waals surface area contributed by atoms with E-state index in [9.17, 15) is 17.6 Å². The number of hydrogen-bond acceptors (Lipinski definition) is 3. The minimum atomic E-state index is -2.16. The number of rotatable bonds is 2. The molecule has 1 aromatic rings. The van der Waals surface area contributed by atoms with E-state index in [1.807, 2.05) is 13.8 Å². The molecule has 0 aliphatic rings. The molecule has 0 unspecified atom stereocenters. The minimum absolute atomic E-state index is 0.844. The van der Waals surface area contributed by atoms with E-state index in [4.69, 9.17) is 14.9 Å². The highest BCUT2D eigenvalue weighted by atomic mass is 19.2. The van der Waals surface area contributed by atoms with Crippen LogP contribution >= 0.6 is 0 Å². The SMILES string of the molecule is CCOCC.Oc1c(O)c(F)c(F)c(F)c1F. The molecule has 98 valence electrons. The van der Waals surface area contributed by atoms with Crippen LogP contribution < -0.4 is 0 Å². The van der Waals surface area contributed by atoms with Crippen molar-refractivity contribution in [3.8, 4) is 11.5 Å². The fourth-order valence-corrected chi connectivity index (χ4v) is 0.813. The van der Waals surface area contributed by atoms with Crippen LogP contribution in [0.2, 0.25) is 0 Å². The van der Waals surface area contributed by atoms with Crippen molar-refractivity contribution in [1.82, 2.24) is 0 Å². The Hall–Kier alpha value is -1.50. The number of halogens is 4. The first-order chi connectivity index (χ1) is 7.88. The summed E-state index contributed by atoms with van der Waals surface area (Å²) >= 11 is 0. The van der Waals surface area contributed by atoms with Crippen LogP contribution in [-0.4, -0.2) is 23.4 Å². The summed E-state index contributed by atoms with van der Waals surface area (Å²) in [5.41, 5.74) is 0. The smallest absolute Gasteiger partial charge is 0.207 e. The topological polar surface area (TPSA) is 49.7 Å². The Balaban J connectivity index is 0.000000437. The predicted molar refractivity (Wildman–Crippen MR) is 51.8 cm³/mol. The average Bonchev–Trinajstić information content (AvgIpc) is 2.33. The standard InChI is InChI=1S/C6H2F4O2.C4H10O/c7-1-2(8)4(10)6(12)5(11)3(1)9;1-3-5-4-2/h11-12H;3-4H2,1-2H3. The molecule has 0 bridgehead atoms. The predicted octanol–water partition coefficient (Wildman–Crippen LogP) is 2.70. The second-order valence-electron chi connectivity index (χ2n) is 2.73. The van der Waals surface area contributed by atoms with E-state index in [0.717, 1.165) is 13.2 Å². The van der Waals surface area contributed by atoms with Crippen LogP contribution in [0.1, 0.15) is 13.8 Å². The largest absolute Gasteiger partial charge is 0.502 e. The molecule has 2 N–H and O–H groups in total. The lowest BCUT2D eigenvalue weighted by atomic mass is 10.2. The van der Waals surface area contributed by atoms with Gasteiger partial charge in [0.05, 0.1) is 0 Å². The molecule has 3 nitrogen and oxygen atoms in total. The molecular weight excluding hydrogens is 244 g/mol. The van der Waals surface area contributed by atoms with Crippen molar-refractivity contribution in [2.75, 3.05) is 13.2 Å². The molecule has 0 spiro atoms. The molecule has 0 aromatic heterocycles. The number of benzene rings is 1. The van der Waals surface area contributed by atoms with E-state index >= 15 is 0 Å². The van der Waals surface area contributed by atoms with Gasteiger partial charge < -0.3 is 14.9 Å². The van der Waals surface area contributed by atoms with Crippen LogP contribution in [0.5, 0.6) is 11.5 Å². The maximum Gasteiger partial charge on any atom is 0.207 e. The van der Waals surface area contributed by atoms with Crippen molar-refractivity contribution in [2.24, 2.45) is 0 Å². The summed E-state index contributed by atoms with van der Waals surface area (Å²) in [6, 6.07) is 0. The van der Waals surface area contributed by atoms with Crippen molar-refractivity contribution in [3.05, 3.63) is 23.3 Å². The van der Waals surface area contributed by atoms with Crippen molar-refractivity contribution < 1.29 is 32.5 Å². The molecule has 0 atom stereocenters. The molecule has 0 aliphatic carbocycles. The third-order valence-electron chi connectivity index (χ3n) is 1.63. The molecule has 0 radical (unpaired) electrons. The monoisotopic (exact) mass is 256 g/mol. The van der Waals surface area contributed by atoms with Gasteiger partial charge in [-0.1, -0.05) is 0 Å². The quantitative estimate of drug-likeness (QED) is 0.370. The molecule has 0 aliphatic heterocycles. The van der Waals surface area contributed by atoms with Crippen molar-refractivity contribution >= 4 is 0 Å². The van der Waals surface area contributed by atoms with E-state index in [1.54, 1.807) is 0 Å². The summed E-state index contributed by atoms with van der Waals surface area (Å²) in [6.45, 7) is 5.67. The number of phenolic OH excluding ortho intramolecular Hbond substituents is 2. The summed E-state index contributed by atoms with van der Waals surface area (Å²) in [7, 11) is 0. The van der Waals surface area contributed by atoms with Gasteiger partial charge in [0.1, 0.15) is 0 Å². The summed E-state index contributed by atoms with van der Waals surface area (Å²) in [4.78, 5) is 0. The second kappa shape index (κ2) is 6.95. The highest BCUT2D eigenvalue weighted by Gasteiger charge is 2.24. The zero-order chi connectivity index (χ0) is 13.6. The van der Waals surface area contributed by atoms with Gasteiger partial charge in [-0.2, -0.15) is 8.78 Å². The zero-order valence-electron chi connectivity index (χ0n) is 9.23. The molecule has 0 saturated heterocycles. The summed E-state index contributed by atoms with van der Waals surface area (Å²) in [6.07, 6.45) is 0. The number of aromatic hydroxyl groups is 2. The van der Waals surface area contributed by atoms with E-state index in [0.29, 0.717) is 0 Å². The van der Waals surface area contributed by atoms with E-state index < -0.39 is 34.8 Å². The maximum atomic E-state index is 12.2. The first-order valence-electron chi connectivity index (χ1n) is 4.69. The second-order valence-corrected chi connectivity index (χ2v) is 2.73. The van der Waals surface area contributed by atoms with E-state index in [1.165, 1.54) is 0 Å². The third-order valence-corrected chi connectivity index (χ3v) is 1.63. The Morgan fingerprint density at radius 2 is 1.06 bits per heavy atom. The lowest BCUT2D eigenvalue weighted by Gasteiger charge is -2.02. The molecule has 0 heterocycles. The van der Waals surface area contributed by atoms with Crippen LogP contribution in [0.3, 0.4) is 0 Å². The van der Waals surface area contributed by atoms with Crippen LogP contribution in [0.15, 0.2) is 0 Å². The maximum absolute atomic E-state index is 12.2. The number of phenols is 2. The fraction of sp³-hybridized carbons (Fsp3) is 0.400. The Labute approximate surface area is 95.3 Å². The van der Waals surface area contributed by atoms with Gasteiger partial charge in [-0.05, 0) is 13.8 Å². The van der Waals surface area contributed by atoms with Crippen molar-refractivity contribution in [1.29, 1.82) is 0 Å². The molecular formula is C10H12F4O3. The normalized spacial score (nSPS) is 9.76. The number of ether oxygens (including phenoxy) is 1. The molecule has 17 heavy (non-hydrogen) atoms. The summed E-state index contributed by atoms with van der Waals surface area (Å²) in [5, 5.41) is 16.8. The van der Waals surface area contributed by atoms with Crippen LogP contribution in [-0.2, 0) is 4.74 Å². The van der Waals surface area contributed by atoms with Gasteiger partial charge in [0.2, 0.25) is 34.8 Å². The van der Waals surface area contributed by atoms with E-state index in [2.05, 4.69) is 0 Å². The van der Waals surface area contributed by atoms with Gasteiger partial charge in [0.25, 0.3) is 0 Å². The molecule has 1 aromatic carbocycles. The number of hydrogen-bond donors (Lipinski definition) is 2. The Bertz CT molecular complexity index is 275. The van der Waals surface area contributed by atoms with Crippen LogP contribution in [0, 0.1) is 23.3 Å². The minimum Gasteiger partial charge on any atom is -0.502 e. The van der Waals surface area contributed by atoms with Gasteiger partial charge in [0, 0.05) is 13.2 Å². The molecule has 7 heteroatoms. The highest BCUT2D eigenvalue weighted by Crippen LogP contribution is 2.34. The van der Waals surface area contributed by atoms with Gasteiger partial charge >= 0.3 is 0 Å². The van der Waals surface area contributed by atoms with Crippen molar-refractivity contribution in [2.45, 2.75) is 13.8 Å². The summed E-state index contributed by atoms with van der Waals surface area (Å²) in [5.74, 6) is -11.7. The lowest BCUT2D eigenvalue weighted by Crippen LogP contribution is -1.96.